The molecule has 0 aromatic heterocycles. The van der Waals surface area contributed by atoms with Gasteiger partial charge in [0.2, 0.25) is 0 Å². The first kappa shape index (κ1) is 6.62. The third-order valence-corrected chi connectivity index (χ3v) is 3.25. The van der Waals surface area contributed by atoms with Gasteiger partial charge in [0.1, 0.15) is 0 Å². The summed E-state index contributed by atoms with van der Waals surface area (Å²) in [6.45, 7) is 0.183. The van der Waals surface area contributed by atoms with Crippen molar-refractivity contribution < 1.29 is 10.2 Å². The highest BCUT2D eigenvalue weighted by molar-refractivity contribution is 4.96. The summed E-state index contributed by atoms with van der Waals surface area (Å²) in [6, 6.07) is 0. The van der Waals surface area contributed by atoms with Gasteiger partial charge in [-0.3, -0.25) is 0 Å². The molecule has 2 fully saturated rings. The van der Waals surface area contributed by atoms with Crippen LogP contribution in [-0.4, -0.2) is 22.9 Å². The summed E-state index contributed by atoms with van der Waals surface area (Å²) >= 11 is 0. The number of hydrogen-bond acceptors (Lipinski definition) is 2. The quantitative estimate of drug-likeness (QED) is 0.556. The molecule has 2 saturated carbocycles. The molecular weight excluding hydrogens is 128 g/mol. The molecule has 0 unspecified atom stereocenters. The normalized spacial score (nSPS) is 52.2. The van der Waals surface area contributed by atoms with E-state index in [1.165, 1.54) is 12.8 Å². The average Bonchev–Trinajstić information content (AvgIpc) is 2.46. The molecule has 2 heteroatoms. The highest BCUT2D eigenvalue weighted by atomic mass is 16.3. The van der Waals surface area contributed by atoms with Crippen molar-refractivity contribution in [3.63, 3.8) is 0 Å². The van der Waals surface area contributed by atoms with Gasteiger partial charge >= 0.3 is 0 Å². The van der Waals surface area contributed by atoms with Crippen molar-refractivity contribution >= 4 is 0 Å². The van der Waals surface area contributed by atoms with Crippen LogP contribution in [0.3, 0.4) is 0 Å². The van der Waals surface area contributed by atoms with E-state index in [9.17, 15) is 5.11 Å². The molecule has 0 radical (unpaired) electrons. The Morgan fingerprint density at radius 2 is 1.90 bits per heavy atom. The zero-order chi connectivity index (χ0) is 7.14. The molecule has 0 spiro atoms. The third-order valence-electron chi connectivity index (χ3n) is 3.25. The molecule has 2 aliphatic carbocycles. The number of fused-ring (bicyclic) bond motifs is 2. The maximum Gasteiger partial charge on any atom is 0.0621 e. The summed E-state index contributed by atoms with van der Waals surface area (Å²) in [6.07, 6.45) is 3.38. The van der Waals surface area contributed by atoms with Crippen LogP contribution < -0.4 is 0 Å². The Hall–Kier alpha value is -0.0800. The maximum absolute atomic E-state index is 9.52. The molecule has 0 aromatic carbocycles. The summed E-state index contributed by atoms with van der Waals surface area (Å²) in [4.78, 5) is 0. The van der Waals surface area contributed by atoms with Crippen LogP contribution >= 0.6 is 0 Å². The van der Waals surface area contributed by atoms with Crippen LogP contribution in [-0.2, 0) is 0 Å². The van der Waals surface area contributed by atoms with Crippen LogP contribution in [0.25, 0.3) is 0 Å². The molecule has 2 N–H and O–H groups in total. The maximum atomic E-state index is 9.52. The highest BCUT2D eigenvalue weighted by Gasteiger charge is 2.46. The zero-order valence-corrected chi connectivity index (χ0v) is 6.03. The Kier molecular flexibility index (Phi) is 1.46. The Morgan fingerprint density at radius 1 is 1.20 bits per heavy atom. The van der Waals surface area contributed by atoms with Crippen LogP contribution in [0.5, 0.6) is 0 Å². The second-order valence-electron chi connectivity index (χ2n) is 3.67. The van der Waals surface area contributed by atoms with Crippen molar-refractivity contribution in [2.24, 2.45) is 17.8 Å². The molecule has 0 heterocycles. The zero-order valence-electron chi connectivity index (χ0n) is 6.03. The first-order valence-corrected chi connectivity index (χ1v) is 4.12. The topological polar surface area (TPSA) is 40.5 Å². The summed E-state index contributed by atoms with van der Waals surface area (Å²) in [5.41, 5.74) is 0. The first-order chi connectivity index (χ1) is 4.83. The van der Waals surface area contributed by atoms with Crippen LogP contribution in [0.1, 0.15) is 19.3 Å². The smallest absolute Gasteiger partial charge is 0.0621 e. The molecule has 2 aliphatic rings. The molecular formula is C8H14O2. The average molecular weight is 142 g/mol. The van der Waals surface area contributed by atoms with Gasteiger partial charge in [0.25, 0.3) is 0 Å². The Morgan fingerprint density at radius 3 is 2.30 bits per heavy atom. The largest absolute Gasteiger partial charge is 0.396 e. The number of hydrogen-bond donors (Lipinski definition) is 2. The molecule has 0 saturated heterocycles. The first-order valence-electron chi connectivity index (χ1n) is 4.12. The molecule has 4 atom stereocenters. The minimum absolute atomic E-state index is 0.183. The Labute approximate surface area is 60.9 Å². The van der Waals surface area contributed by atoms with Gasteiger partial charge in [-0.2, -0.15) is 0 Å². The van der Waals surface area contributed by atoms with Gasteiger partial charge in [-0.15, -0.1) is 0 Å². The summed E-state index contributed by atoms with van der Waals surface area (Å²) < 4.78 is 0. The van der Waals surface area contributed by atoms with Crippen molar-refractivity contribution in [1.29, 1.82) is 0 Å². The van der Waals surface area contributed by atoms with E-state index in [1.807, 2.05) is 0 Å². The Balaban J connectivity index is 2.10. The van der Waals surface area contributed by atoms with Crippen molar-refractivity contribution in [1.82, 2.24) is 0 Å². The monoisotopic (exact) mass is 142 g/mol. The van der Waals surface area contributed by atoms with Crippen molar-refractivity contribution in [2.75, 3.05) is 6.61 Å². The fourth-order valence-electron chi connectivity index (χ4n) is 2.64. The van der Waals surface area contributed by atoms with Crippen LogP contribution in [0.15, 0.2) is 0 Å². The molecule has 0 amide bonds. The lowest BCUT2D eigenvalue weighted by molar-refractivity contribution is 0.0276. The predicted molar refractivity (Wildman–Crippen MR) is 37.4 cm³/mol. The summed E-state index contributed by atoms with van der Waals surface area (Å²) in [7, 11) is 0. The van der Waals surface area contributed by atoms with E-state index in [0.29, 0.717) is 11.8 Å². The standard InChI is InChI=1S/C8H14O2/c9-4-7-5-1-2-6(3-5)8(7)10/h5-10H,1-4H2/t5-,6+,7+,8-/m0/s1. The minimum Gasteiger partial charge on any atom is -0.396 e. The van der Waals surface area contributed by atoms with Gasteiger partial charge in [0.15, 0.2) is 0 Å². The number of aliphatic hydroxyl groups excluding tert-OH is 2. The molecule has 58 valence electrons. The van der Waals surface area contributed by atoms with Gasteiger partial charge in [0, 0.05) is 12.5 Å². The van der Waals surface area contributed by atoms with Gasteiger partial charge < -0.3 is 10.2 Å². The lowest BCUT2D eigenvalue weighted by Gasteiger charge is -2.24. The lowest BCUT2D eigenvalue weighted by Crippen LogP contribution is -2.29. The van der Waals surface area contributed by atoms with Crippen molar-refractivity contribution in [2.45, 2.75) is 25.4 Å². The Bertz CT molecular complexity index is 133. The second kappa shape index (κ2) is 2.21. The van der Waals surface area contributed by atoms with E-state index in [-0.39, 0.29) is 18.6 Å². The van der Waals surface area contributed by atoms with Gasteiger partial charge in [-0.05, 0) is 31.1 Å². The van der Waals surface area contributed by atoms with E-state index in [2.05, 4.69) is 0 Å². The molecule has 10 heavy (non-hydrogen) atoms. The second-order valence-corrected chi connectivity index (χ2v) is 3.67. The molecule has 2 nitrogen and oxygen atoms in total. The molecule has 0 aliphatic heterocycles. The van der Waals surface area contributed by atoms with E-state index in [4.69, 9.17) is 5.11 Å². The molecule has 0 aromatic rings. The van der Waals surface area contributed by atoms with Crippen molar-refractivity contribution in [3.05, 3.63) is 0 Å². The van der Waals surface area contributed by atoms with Gasteiger partial charge in [-0.25, -0.2) is 0 Å². The summed E-state index contributed by atoms with van der Waals surface area (Å²) in [5.74, 6) is 1.35. The summed E-state index contributed by atoms with van der Waals surface area (Å²) in [5, 5.41) is 18.4. The lowest BCUT2D eigenvalue weighted by atomic mass is 9.87. The van der Waals surface area contributed by atoms with Crippen molar-refractivity contribution in [3.8, 4) is 0 Å². The van der Waals surface area contributed by atoms with Crippen LogP contribution in [0, 0.1) is 17.8 Å². The van der Waals surface area contributed by atoms with E-state index in [0.717, 1.165) is 6.42 Å². The minimum atomic E-state index is -0.191. The van der Waals surface area contributed by atoms with E-state index < -0.39 is 0 Å². The third kappa shape index (κ3) is 0.722. The predicted octanol–water partition coefficient (Wildman–Crippen LogP) is 0.386. The molecule has 2 bridgehead atoms. The number of rotatable bonds is 1. The van der Waals surface area contributed by atoms with E-state index in [1.54, 1.807) is 0 Å². The molecule has 2 rings (SSSR count). The number of aliphatic hydroxyl groups is 2. The SMILES string of the molecule is OC[C@@H]1[C@H]2CC[C@H](C2)[C@@H]1O. The van der Waals surface area contributed by atoms with Gasteiger partial charge in [-0.1, -0.05) is 0 Å². The van der Waals surface area contributed by atoms with Gasteiger partial charge in [0.05, 0.1) is 6.10 Å². The highest BCUT2D eigenvalue weighted by Crippen LogP contribution is 2.48. The van der Waals surface area contributed by atoms with E-state index >= 15 is 0 Å². The fraction of sp³-hybridized carbons (Fsp3) is 1.00. The van der Waals surface area contributed by atoms with Crippen LogP contribution in [0.4, 0.5) is 0 Å². The fourth-order valence-corrected chi connectivity index (χ4v) is 2.64. The van der Waals surface area contributed by atoms with Crippen LogP contribution in [0.2, 0.25) is 0 Å².